The summed E-state index contributed by atoms with van der Waals surface area (Å²) in [5.74, 6) is 2.26. The minimum absolute atomic E-state index is 0.417. The molecule has 0 radical (unpaired) electrons. The molecule has 1 aromatic heterocycles. The molecule has 1 heterocycles. The molecule has 0 spiro atoms. The quantitative estimate of drug-likeness (QED) is 0.678. The van der Waals surface area contributed by atoms with Crippen molar-refractivity contribution in [3.63, 3.8) is 0 Å². The summed E-state index contributed by atoms with van der Waals surface area (Å²) in [6.45, 7) is 2.45. The number of ether oxygens (including phenoxy) is 1. The van der Waals surface area contributed by atoms with E-state index >= 15 is 0 Å². The Morgan fingerprint density at radius 1 is 1.08 bits per heavy atom. The minimum atomic E-state index is 0.417. The van der Waals surface area contributed by atoms with Crippen LogP contribution in [0.25, 0.3) is 11.5 Å². The molecule has 0 amide bonds. The van der Waals surface area contributed by atoms with E-state index in [2.05, 4.69) is 11.1 Å². The van der Waals surface area contributed by atoms with E-state index in [1.54, 1.807) is 0 Å². The van der Waals surface area contributed by atoms with Crippen molar-refractivity contribution in [3.05, 3.63) is 71.6 Å². The van der Waals surface area contributed by atoms with Crippen molar-refractivity contribution in [2.24, 2.45) is 0 Å². The van der Waals surface area contributed by atoms with Gasteiger partial charge in [-0.15, -0.1) is 0 Å². The first-order chi connectivity index (χ1) is 11.8. The third-order valence-electron chi connectivity index (χ3n) is 3.73. The van der Waals surface area contributed by atoms with Gasteiger partial charge in [0.15, 0.2) is 0 Å². The van der Waals surface area contributed by atoms with E-state index < -0.39 is 0 Å². The lowest BCUT2D eigenvalue weighted by molar-refractivity contribution is 0.320. The summed E-state index contributed by atoms with van der Waals surface area (Å²) in [6, 6.07) is 19.6. The molecule has 0 atom stereocenters. The van der Waals surface area contributed by atoms with Gasteiger partial charge in [0.2, 0.25) is 5.89 Å². The molecule has 2 aromatic carbocycles. The maximum atomic E-state index is 8.67. The third kappa shape index (κ3) is 3.82. The van der Waals surface area contributed by atoms with Crippen LogP contribution in [0.2, 0.25) is 0 Å². The Hall–Kier alpha value is -3.06. The molecule has 0 saturated carbocycles. The molecule has 0 aliphatic heterocycles. The summed E-state index contributed by atoms with van der Waals surface area (Å²) in [5.41, 5.74) is 2.88. The molecular formula is C20H18N2O2. The number of rotatable bonds is 6. The number of nitriles is 1. The van der Waals surface area contributed by atoms with Gasteiger partial charge in [0.1, 0.15) is 11.5 Å². The van der Waals surface area contributed by atoms with Gasteiger partial charge in [-0.2, -0.15) is 5.26 Å². The molecule has 0 fully saturated rings. The largest absolute Gasteiger partial charge is 0.493 e. The van der Waals surface area contributed by atoms with Crippen LogP contribution in [0.5, 0.6) is 5.75 Å². The van der Waals surface area contributed by atoms with Gasteiger partial charge >= 0.3 is 0 Å². The maximum Gasteiger partial charge on any atom is 0.226 e. The average molecular weight is 318 g/mol. The Morgan fingerprint density at radius 3 is 2.54 bits per heavy atom. The molecule has 4 heteroatoms. The lowest BCUT2D eigenvalue weighted by Crippen LogP contribution is -2.02. The first-order valence-corrected chi connectivity index (χ1v) is 7.86. The predicted octanol–water partition coefficient (Wildman–Crippen LogP) is 4.34. The topological polar surface area (TPSA) is 59.1 Å². The van der Waals surface area contributed by atoms with Gasteiger partial charge in [-0.1, -0.05) is 30.3 Å². The van der Waals surface area contributed by atoms with Crippen LogP contribution in [-0.2, 0) is 12.8 Å². The molecule has 0 N–H and O–H groups in total. The first-order valence-electron chi connectivity index (χ1n) is 7.86. The number of hydrogen-bond acceptors (Lipinski definition) is 4. The first kappa shape index (κ1) is 15.8. The van der Waals surface area contributed by atoms with Crippen LogP contribution in [0, 0.1) is 18.3 Å². The van der Waals surface area contributed by atoms with E-state index in [9.17, 15) is 0 Å². The lowest BCUT2D eigenvalue weighted by atomic mass is 10.2. The summed E-state index contributed by atoms with van der Waals surface area (Å²) >= 11 is 0. The fourth-order valence-corrected chi connectivity index (χ4v) is 2.42. The molecule has 0 unspecified atom stereocenters. The standard InChI is InChI=1S/C20H18N2O2/c1-15-19(22-20(24-15)17-5-3-2-4-6-17)12-14-23-18-9-7-16(8-10-18)11-13-21/h2-10H,11-12,14H2,1H3. The van der Waals surface area contributed by atoms with Crippen LogP contribution < -0.4 is 4.74 Å². The molecule has 120 valence electrons. The zero-order chi connectivity index (χ0) is 16.8. The van der Waals surface area contributed by atoms with Crippen molar-refractivity contribution >= 4 is 0 Å². The fraction of sp³-hybridized carbons (Fsp3) is 0.200. The van der Waals surface area contributed by atoms with Crippen LogP contribution in [0.1, 0.15) is 17.0 Å². The highest BCUT2D eigenvalue weighted by molar-refractivity contribution is 5.53. The summed E-state index contributed by atoms with van der Waals surface area (Å²) in [4.78, 5) is 4.57. The molecule has 0 saturated heterocycles. The predicted molar refractivity (Wildman–Crippen MR) is 91.6 cm³/mol. The highest BCUT2D eigenvalue weighted by atomic mass is 16.5. The molecule has 0 bridgehead atoms. The second-order valence-electron chi connectivity index (χ2n) is 5.47. The van der Waals surface area contributed by atoms with Crippen molar-refractivity contribution in [1.82, 2.24) is 4.98 Å². The fourth-order valence-electron chi connectivity index (χ4n) is 2.42. The number of oxazole rings is 1. The highest BCUT2D eigenvalue weighted by Crippen LogP contribution is 2.22. The van der Waals surface area contributed by atoms with E-state index in [0.717, 1.165) is 28.3 Å². The maximum absolute atomic E-state index is 8.67. The summed E-state index contributed by atoms with van der Waals surface area (Å²) < 4.78 is 11.5. The zero-order valence-electron chi connectivity index (χ0n) is 13.5. The number of aromatic nitrogens is 1. The monoisotopic (exact) mass is 318 g/mol. The van der Waals surface area contributed by atoms with E-state index in [-0.39, 0.29) is 0 Å². The van der Waals surface area contributed by atoms with E-state index in [4.69, 9.17) is 14.4 Å². The number of aryl methyl sites for hydroxylation is 1. The summed E-state index contributed by atoms with van der Waals surface area (Å²) in [7, 11) is 0. The molecule has 24 heavy (non-hydrogen) atoms. The van der Waals surface area contributed by atoms with Gasteiger partial charge in [-0.05, 0) is 36.8 Å². The second kappa shape index (κ2) is 7.47. The van der Waals surface area contributed by atoms with Crippen molar-refractivity contribution < 1.29 is 9.15 Å². The van der Waals surface area contributed by atoms with Gasteiger partial charge in [0.25, 0.3) is 0 Å². The zero-order valence-corrected chi connectivity index (χ0v) is 13.5. The summed E-state index contributed by atoms with van der Waals surface area (Å²) in [6.07, 6.45) is 1.10. The van der Waals surface area contributed by atoms with Gasteiger partial charge < -0.3 is 9.15 Å². The third-order valence-corrected chi connectivity index (χ3v) is 3.73. The normalized spacial score (nSPS) is 10.3. The lowest BCUT2D eigenvalue weighted by Gasteiger charge is -2.05. The minimum Gasteiger partial charge on any atom is -0.493 e. The smallest absolute Gasteiger partial charge is 0.226 e. The Balaban J connectivity index is 1.59. The van der Waals surface area contributed by atoms with Gasteiger partial charge in [0.05, 0.1) is 24.8 Å². The molecule has 0 aliphatic carbocycles. The van der Waals surface area contributed by atoms with Crippen LogP contribution in [0.4, 0.5) is 0 Å². The van der Waals surface area contributed by atoms with Crippen LogP contribution in [0.3, 0.4) is 0 Å². The van der Waals surface area contributed by atoms with E-state index in [0.29, 0.717) is 25.3 Å². The van der Waals surface area contributed by atoms with Gasteiger partial charge in [-0.3, -0.25) is 0 Å². The molecule has 4 nitrogen and oxygen atoms in total. The second-order valence-corrected chi connectivity index (χ2v) is 5.47. The Morgan fingerprint density at radius 2 is 1.83 bits per heavy atom. The van der Waals surface area contributed by atoms with Gasteiger partial charge in [0, 0.05) is 12.0 Å². The van der Waals surface area contributed by atoms with Crippen LogP contribution >= 0.6 is 0 Å². The summed E-state index contributed by atoms with van der Waals surface area (Å²) in [5, 5.41) is 8.67. The molecule has 0 aliphatic rings. The molecular weight excluding hydrogens is 300 g/mol. The number of nitrogens with zero attached hydrogens (tertiary/aromatic N) is 2. The van der Waals surface area contributed by atoms with Crippen molar-refractivity contribution in [1.29, 1.82) is 5.26 Å². The van der Waals surface area contributed by atoms with E-state index in [1.165, 1.54) is 0 Å². The molecule has 3 rings (SSSR count). The van der Waals surface area contributed by atoms with Crippen LogP contribution in [0.15, 0.2) is 59.0 Å². The van der Waals surface area contributed by atoms with Crippen molar-refractivity contribution in [3.8, 4) is 23.3 Å². The van der Waals surface area contributed by atoms with Crippen molar-refractivity contribution in [2.75, 3.05) is 6.61 Å². The highest BCUT2D eigenvalue weighted by Gasteiger charge is 2.11. The SMILES string of the molecule is Cc1oc(-c2ccccc2)nc1CCOc1ccc(CC#N)cc1. The Bertz CT molecular complexity index is 830. The Kier molecular flexibility index (Phi) is 4.93. The number of benzene rings is 2. The van der Waals surface area contributed by atoms with E-state index in [1.807, 2.05) is 61.5 Å². The van der Waals surface area contributed by atoms with Crippen molar-refractivity contribution in [2.45, 2.75) is 19.8 Å². The number of hydrogen-bond donors (Lipinski definition) is 0. The molecule has 3 aromatic rings. The average Bonchev–Trinajstić information content (AvgIpc) is 2.99. The van der Waals surface area contributed by atoms with Gasteiger partial charge in [-0.25, -0.2) is 4.98 Å². The van der Waals surface area contributed by atoms with Crippen LogP contribution in [-0.4, -0.2) is 11.6 Å². The Labute approximate surface area is 141 Å².